The molecule has 0 spiro atoms. The highest BCUT2D eigenvalue weighted by molar-refractivity contribution is 7.09. The lowest BCUT2D eigenvalue weighted by molar-refractivity contribution is 0.0788. The van der Waals surface area contributed by atoms with Gasteiger partial charge in [0.1, 0.15) is 10.7 Å². The molecule has 0 unspecified atom stereocenters. The summed E-state index contributed by atoms with van der Waals surface area (Å²) >= 11 is 1.43. The zero-order valence-electron chi connectivity index (χ0n) is 9.69. The topological polar surface area (TPSA) is 71.2 Å². The van der Waals surface area contributed by atoms with Crippen molar-refractivity contribution in [2.24, 2.45) is 5.73 Å². The zero-order valence-corrected chi connectivity index (χ0v) is 10.5. The second-order valence-electron chi connectivity index (χ2n) is 3.51. The van der Waals surface area contributed by atoms with E-state index in [4.69, 9.17) is 5.73 Å². The molecule has 0 aromatic carbocycles. The quantitative estimate of drug-likeness (QED) is 0.703. The molecular weight excluding hydrogens is 224 g/mol. The van der Waals surface area contributed by atoms with Crippen molar-refractivity contribution in [3.63, 3.8) is 0 Å². The van der Waals surface area contributed by atoms with Crippen molar-refractivity contribution in [1.82, 2.24) is 15.2 Å². The average molecular weight is 242 g/mol. The van der Waals surface area contributed by atoms with Gasteiger partial charge < -0.3 is 16.0 Å². The molecule has 0 aliphatic rings. The van der Waals surface area contributed by atoms with Crippen LogP contribution in [0.4, 0.5) is 0 Å². The molecule has 0 saturated carbocycles. The molecule has 5 nitrogen and oxygen atoms in total. The molecule has 1 aromatic rings. The SMILES string of the molecule is CNCCCN(C)C(=O)c1csc(CN)n1. The van der Waals surface area contributed by atoms with Crippen molar-refractivity contribution in [2.45, 2.75) is 13.0 Å². The second-order valence-corrected chi connectivity index (χ2v) is 4.46. The van der Waals surface area contributed by atoms with Crippen LogP contribution in [0.25, 0.3) is 0 Å². The van der Waals surface area contributed by atoms with Crippen molar-refractivity contribution < 1.29 is 4.79 Å². The highest BCUT2D eigenvalue weighted by atomic mass is 32.1. The Balaban J connectivity index is 2.49. The first-order valence-corrected chi connectivity index (χ1v) is 6.11. The average Bonchev–Trinajstić information content (AvgIpc) is 2.76. The van der Waals surface area contributed by atoms with Crippen LogP contribution in [0.1, 0.15) is 21.9 Å². The summed E-state index contributed by atoms with van der Waals surface area (Å²) in [6.07, 6.45) is 0.937. The number of nitrogens with two attached hydrogens (primary N) is 1. The van der Waals surface area contributed by atoms with Gasteiger partial charge in [-0.15, -0.1) is 11.3 Å². The van der Waals surface area contributed by atoms with Crippen LogP contribution in [0.2, 0.25) is 0 Å². The van der Waals surface area contributed by atoms with E-state index in [1.165, 1.54) is 11.3 Å². The number of carbonyl (C=O) groups is 1. The Morgan fingerprint density at radius 3 is 3.00 bits per heavy atom. The fourth-order valence-electron chi connectivity index (χ4n) is 1.29. The van der Waals surface area contributed by atoms with Crippen molar-refractivity contribution >= 4 is 17.2 Å². The van der Waals surface area contributed by atoms with Gasteiger partial charge in [-0.3, -0.25) is 4.79 Å². The molecule has 1 rings (SSSR count). The Labute approximate surface area is 99.7 Å². The third kappa shape index (κ3) is 3.55. The van der Waals surface area contributed by atoms with Crippen molar-refractivity contribution in [3.8, 4) is 0 Å². The first kappa shape index (κ1) is 13.1. The van der Waals surface area contributed by atoms with E-state index in [-0.39, 0.29) is 5.91 Å². The fourth-order valence-corrected chi connectivity index (χ4v) is 1.94. The van der Waals surface area contributed by atoms with Crippen LogP contribution < -0.4 is 11.1 Å². The zero-order chi connectivity index (χ0) is 12.0. The van der Waals surface area contributed by atoms with Crippen molar-refractivity contribution in [3.05, 3.63) is 16.1 Å². The van der Waals surface area contributed by atoms with E-state index in [9.17, 15) is 4.79 Å². The van der Waals surface area contributed by atoms with E-state index in [2.05, 4.69) is 10.3 Å². The molecule has 16 heavy (non-hydrogen) atoms. The van der Waals surface area contributed by atoms with Gasteiger partial charge in [-0.1, -0.05) is 0 Å². The molecule has 0 atom stereocenters. The molecule has 3 N–H and O–H groups in total. The van der Waals surface area contributed by atoms with Crippen molar-refractivity contribution in [2.75, 3.05) is 27.2 Å². The van der Waals surface area contributed by atoms with E-state index in [0.717, 1.165) is 24.5 Å². The summed E-state index contributed by atoms with van der Waals surface area (Å²) in [7, 11) is 3.69. The summed E-state index contributed by atoms with van der Waals surface area (Å²) in [4.78, 5) is 17.7. The van der Waals surface area contributed by atoms with Crippen molar-refractivity contribution in [1.29, 1.82) is 0 Å². The number of amides is 1. The number of hydrogen-bond acceptors (Lipinski definition) is 5. The molecular formula is C10H18N4OS. The number of nitrogens with zero attached hydrogens (tertiary/aromatic N) is 2. The summed E-state index contributed by atoms with van der Waals surface area (Å²) in [6.45, 7) is 2.03. The van der Waals surface area contributed by atoms with Gasteiger partial charge in [0.2, 0.25) is 0 Å². The molecule has 0 bridgehead atoms. The standard InChI is InChI=1S/C10H18N4OS/c1-12-4-3-5-14(2)10(15)8-7-16-9(6-11)13-8/h7,12H,3-6,11H2,1-2H3. The lowest BCUT2D eigenvalue weighted by atomic mass is 10.3. The lowest BCUT2D eigenvalue weighted by Crippen LogP contribution is -2.29. The minimum atomic E-state index is -0.0351. The van der Waals surface area contributed by atoms with Gasteiger partial charge in [0.05, 0.1) is 0 Å². The Morgan fingerprint density at radius 1 is 1.69 bits per heavy atom. The molecule has 0 fully saturated rings. The number of rotatable bonds is 6. The van der Waals surface area contributed by atoms with Gasteiger partial charge in [-0.2, -0.15) is 0 Å². The Kier molecular flexibility index (Phi) is 5.37. The maximum absolute atomic E-state index is 11.9. The molecule has 0 aliphatic heterocycles. The molecule has 0 aliphatic carbocycles. The van der Waals surface area contributed by atoms with Crippen LogP contribution >= 0.6 is 11.3 Å². The van der Waals surface area contributed by atoms with Crippen LogP contribution in [0.5, 0.6) is 0 Å². The van der Waals surface area contributed by atoms with E-state index in [1.54, 1.807) is 17.3 Å². The minimum Gasteiger partial charge on any atom is -0.340 e. The van der Waals surface area contributed by atoms with E-state index >= 15 is 0 Å². The summed E-state index contributed by atoms with van der Waals surface area (Å²) in [6, 6.07) is 0. The van der Waals surface area contributed by atoms with Gasteiger partial charge in [0.25, 0.3) is 5.91 Å². The highest BCUT2D eigenvalue weighted by Crippen LogP contribution is 2.10. The first-order chi connectivity index (χ1) is 7.69. The van der Waals surface area contributed by atoms with E-state index < -0.39 is 0 Å². The maximum Gasteiger partial charge on any atom is 0.273 e. The number of hydrogen-bond donors (Lipinski definition) is 2. The molecule has 6 heteroatoms. The first-order valence-electron chi connectivity index (χ1n) is 5.23. The maximum atomic E-state index is 11.9. The number of carbonyl (C=O) groups excluding carboxylic acids is 1. The highest BCUT2D eigenvalue weighted by Gasteiger charge is 2.14. The largest absolute Gasteiger partial charge is 0.340 e. The Morgan fingerprint density at radius 2 is 2.44 bits per heavy atom. The summed E-state index contributed by atoms with van der Waals surface area (Å²) in [5.41, 5.74) is 5.95. The number of nitrogens with one attached hydrogen (secondary N) is 1. The predicted octanol–water partition coefficient (Wildman–Crippen LogP) is 0.283. The smallest absolute Gasteiger partial charge is 0.273 e. The lowest BCUT2D eigenvalue weighted by Gasteiger charge is -2.15. The summed E-state index contributed by atoms with van der Waals surface area (Å²) in [5, 5.41) is 5.61. The summed E-state index contributed by atoms with van der Waals surface area (Å²) < 4.78 is 0. The van der Waals surface area contributed by atoms with Crippen LogP contribution in [0.3, 0.4) is 0 Å². The predicted molar refractivity (Wildman–Crippen MR) is 65.5 cm³/mol. The molecule has 0 saturated heterocycles. The normalized spacial score (nSPS) is 10.4. The van der Waals surface area contributed by atoms with Gasteiger partial charge in [-0.25, -0.2) is 4.98 Å². The van der Waals surface area contributed by atoms with Crippen LogP contribution in [0, 0.1) is 0 Å². The monoisotopic (exact) mass is 242 g/mol. The molecule has 1 aromatic heterocycles. The second kappa shape index (κ2) is 6.57. The van der Waals surface area contributed by atoms with Crippen LogP contribution in [-0.2, 0) is 6.54 Å². The van der Waals surface area contributed by atoms with Gasteiger partial charge in [0, 0.05) is 25.5 Å². The molecule has 90 valence electrons. The molecule has 1 heterocycles. The van der Waals surface area contributed by atoms with Gasteiger partial charge in [-0.05, 0) is 20.0 Å². The van der Waals surface area contributed by atoms with E-state index in [0.29, 0.717) is 12.2 Å². The Bertz CT molecular complexity index is 339. The van der Waals surface area contributed by atoms with Crippen LogP contribution in [0.15, 0.2) is 5.38 Å². The van der Waals surface area contributed by atoms with Gasteiger partial charge in [0.15, 0.2) is 0 Å². The molecule has 0 radical (unpaired) electrons. The summed E-state index contributed by atoms with van der Waals surface area (Å²) in [5.74, 6) is -0.0351. The third-order valence-corrected chi connectivity index (χ3v) is 3.08. The third-order valence-electron chi connectivity index (χ3n) is 2.21. The fraction of sp³-hybridized carbons (Fsp3) is 0.600. The van der Waals surface area contributed by atoms with Gasteiger partial charge >= 0.3 is 0 Å². The van der Waals surface area contributed by atoms with Crippen LogP contribution in [-0.4, -0.2) is 43.0 Å². The minimum absolute atomic E-state index is 0.0351. The molecule has 1 amide bonds. The number of thiazole rings is 1. The van der Waals surface area contributed by atoms with E-state index in [1.807, 2.05) is 7.05 Å². The number of aromatic nitrogens is 1. The Hall–Kier alpha value is -0.980.